The zero-order valence-electron chi connectivity index (χ0n) is 14.6. The molecule has 2 aliphatic heterocycles. The summed E-state index contributed by atoms with van der Waals surface area (Å²) in [5.41, 5.74) is 0. The van der Waals surface area contributed by atoms with E-state index in [0.717, 1.165) is 6.42 Å². The lowest BCUT2D eigenvalue weighted by Gasteiger charge is -2.10. The van der Waals surface area contributed by atoms with E-state index in [1.165, 1.54) is 64.2 Å². The topological polar surface area (TPSA) is 47.6 Å². The van der Waals surface area contributed by atoms with Crippen LogP contribution < -0.4 is 5.32 Å². The third-order valence-corrected chi connectivity index (χ3v) is 4.79. The minimum absolute atomic E-state index is 0.0366. The Bertz CT molecular complexity index is 370. The summed E-state index contributed by atoms with van der Waals surface area (Å²) >= 11 is 0. The molecule has 132 valence electrons. The Morgan fingerprint density at radius 2 is 1.70 bits per heavy atom. The molecule has 2 heterocycles. The summed E-state index contributed by atoms with van der Waals surface area (Å²) in [5, 5.41) is 2.77. The molecule has 0 aromatic carbocycles. The van der Waals surface area contributed by atoms with Gasteiger partial charge in [0.25, 0.3) is 0 Å². The number of unbranched alkanes of at least 4 members (excludes halogenated alkanes) is 10. The molecule has 0 saturated carbocycles. The van der Waals surface area contributed by atoms with Crippen LogP contribution in [0.3, 0.4) is 0 Å². The van der Waals surface area contributed by atoms with Crippen LogP contribution in [-0.2, 0) is 9.47 Å². The van der Waals surface area contributed by atoms with Crippen LogP contribution in [0, 0.1) is 0 Å². The van der Waals surface area contributed by atoms with Crippen LogP contribution in [0.25, 0.3) is 0 Å². The van der Waals surface area contributed by atoms with Gasteiger partial charge in [-0.05, 0) is 12.8 Å². The van der Waals surface area contributed by atoms with Gasteiger partial charge < -0.3 is 14.8 Å². The monoisotopic (exact) mass is 323 g/mol. The highest BCUT2D eigenvalue weighted by Gasteiger charge is 2.44. The fraction of sp³-hybridized carbons (Fsp3) is 0.842. The van der Waals surface area contributed by atoms with Gasteiger partial charge in [-0.1, -0.05) is 76.9 Å². The average Bonchev–Trinajstić information content (AvgIpc) is 3.08. The molecule has 0 aromatic heterocycles. The number of ether oxygens (including phenoxy) is 2. The highest BCUT2D eigenvalue weighted by atomic mass is 16.6. The van der Waals surface area contributed by atoms with E-state index in [4.69, 9.17) is 9.47 Å². The van der Waals surface area contributed by atoms with E-state index in [-0.39, 0.29) is 24.3 Å². The van der Waals surface area contributed by atoms with Crippen molar-refractivity contribution in [2.45, 2.75) is 95.8 Å². The standard InChI is InChI=1S/C19H33NO3/c1-2-3-4-5-6-7-8-9-10-11-12-13-14-17-18-16(15-22-17)20-19(21)23-18/h13-14,16-18H,2-12,15H2,1H3,(H,20,21)/b14-13+/t16-,17-,18-/m0/s1. The molecule has 23 heavy (non-hydrogen) atoms. The highest BCUT2D eigenvalue weighted by molar-refractivity contribution is 5.70. The second-order valence-corrected chi connectivity index (χ2v) is 6.82. The Morgan fingerprint density at radius 3 is 2.39 bits per heavy atom. The molecule has 0 bridgehead atoms. The number of rotatable bonds is 12. The summed E-state index contributed by atoms with van der Waals surface area (Å²) < 4.78 is 10.9. The zero-order valence-corrected chi connectivity index (χ0v) is 14.6. The number of alkyl carbamates (subject to hydrolysis) is 1. The maximum absolute atomic E-state index is 11.2. The lowest BCUT2D eigenvalue weighted by molar-refractivity contribution is 0.0620. The molecule has 2 fully saturated rings. The molecule has 0 spiro atoms. The van der Waals surface area contributed by atoms with Gasteiger partial charge in [0, 0.05) is 0 Å². The fourth-order valence-electron chi connectivity index (χ4n) is 3.36. The summed E-state index contributed by atoms with van der Waals surface area (Å²) in [6.45, 7) is 2.83. The number of amides is 1. The van der Waals surface area contributed by atoms with E-state index in [2.05, 4.69) is 24.4 Å². The Hall–Kier alpha value is -1.03. The number of carbonyl (C=O) groups excluding carboxylic acids is 1. The molecule has 1 N–H and O–H groups in total. The van der Waals surface area contributed by atoms with E-state index in [1.807, 2.05) is 0 Å². The lowest BCUT2D eigenvalue weighted by Crippen LogP contribution is -2.31. The van der Waals surface area contributed by atoms with Gasteiger partial charge in [-0.15, -0.1) is 0 Å². The molecule has 0 radical (unpaired) electrons. The molecule has 4 heteroatoms. The Balaban J connectivity index is 1.41. The van der Waals surface area contributed by atoms with Gasteiger partial charge in [-0.3, -0.25) is 0 Å². The van der Waals surface area contributed by atoms with Crippen molar-refractivity contribution < 1.29 is 14.3 Å². The van der Waals surface area contributed by atoms with E-state index < -0.39 is 0 Å². The minimum Gasteiger partial charge on any atom is -0.441 e. The van der Waals surface area contributed by atoms with E-state index in [9.17, 15) is 4.79 Å². The van der Waals surface area contributed by atoms with Crippen LogP contribution >= 0.6 is 0 Å². The van der Waals surface area contributed by atoms with Gasteiger partial charge >= 0.3 is 6.09 Å². The summed E-state index contributed by atoms with van der Waals surface area (Å²) in [7, 11) is 0. The van der Waals surface area contributed by atoms with Crippen LogP contribution in [0.15, 0.2) is 12.2 Å². The highest BCUT2D eigenvalue weighted by Crippen LogP contribution is 2.23. The average molecular weight is 323 g/mol. The van der Waals surface area contributed by atoms with Crippen molar-refractivity contribution in [2.75, 3.05) is 6.61 Å². The van der Waals surface area contributed by atoms with Gasteiger partial charge in [-0.25, -0.2) is 4.79 Å². The molecule has 2 rings (SSSR count). The number of fused-ring (bicyclic) bond motifs is 1. The molecular weight excluding hydrogens is 290 g/mol. The van der Waals surface area contributed by atoms with Gasteiger partial charge in [0.2, 0.25) is 0 Å². The normalized spacial score (nSPS) is 26.5. The Labute approximate surface area is 141 Å². The van der Waals surface area contributed by atoms with E-state index >= 15 is 0 Å². The molecule has 1 amide bonds. The number of carbonyl (C=O) groups is 1. The molecule has 3 atom stereocenters. The molecule has 0 unspecified atom stereocenters. The summed E-state index contributed by atoms with van der Waals surface area (Å²) in [5.74, 6) is 0. The second kappa shape index (κ2) is 10.7. The second-order valence-electron chi connectivity index (χ2n) is 6.82. The first-order valence-electron chi connectivity index (χ1n) is 9.56. The van der Waals surface area contributed by atoms with Crippen LogP contribution in [0.5, 0.6) is 0 Å². The van der Waals surface area contributed by atoms with E-state index in [0.29, 0.717) is 6.61 Å². The maximum atomic E-state index is 11.2. The lowest BCUT2D eigenvalue weighted by atomic mass is 10.1. The first-order valence-corrected chi connectivity index (χ1v) is 9.56. The summed E-state index contributed by atoms with van der Waals surface area (Å²) in [6, 6.07) is 0.0366. The van der Waals surface area contributed by atoms with Crippen molar-refractivity contribution in [3.63, 3.8) is 0 Å². The minimum atomic E-state index is -0.309. The number of nitrogens with one attached hydrogen (secondary N) is 1. The van der Waals surface area contributed by atoms with Crippen LogP contribution in [-0.4, -0.2) is 30.9 Å². The van der Waals surface area contributed by atoms with Gasteiger partial charge in [0.15, 0.2) is 6.10 Å². The molecule has 0 aliphatic carbocycles. The maximum Gasteiger partial charge on any atom is 0.408 e. The quantitative estimate of drug-likeness (QED) is 0.417. The predicted molar refractivity (Wildman–Crippen MR) is 92.5 cm³/mol. The number of hydrogen-bond acceptors (Lipinski definition) is 3. The SMILES string of the molecule is CCCCCCCCCCCC/C=C/[C@@H]1OC[C@@H]2NC(=O)O[C@@H]21. The largest absolute Gasteiger partial charge is 0.441 e. The van der Waals surface area contributed by atoms with Crippen LogP contribution in [0.2, 0.25) is 0 Å². The molecule has 2 saturated heterocycles. The van der Waals surface area contributed by atoms with Crippen LogP contribution in [0.1, 0.15) is 77.6 Å². The predicted octanol–water partition coefficient (Wildman–Crippen LogP) is 4.73. The van der Waals surface area contributed by atoms with Crippen molar-refractivity contribution in [3.05, 3.63) is 12.2 Å². The van der Waals surface area contributed by atoms with Gasteiger partial charge in [0.05, 0.1) is 12.6 Å². The van der Waals surface area contributed by atoms with E-state index in [1.54, 1.807) is 0 Å². The van der Waals surface area contributed by atoms with Crippen molar-refractivity contribution in [3.8, 4) is 0 Å². The number of hydrogen-bond donors (Lipinski definition) is 1. The fourth-order valence-corrected chi connectivity index (χ4v) is 3.36. The number of allylic oxidation sites excluding steroid dienone is 1. The summed E-state index contributed by atoms with van der Waals surface area (Å²) in [6.07, 6.45) is 18.5. The third-order valence-electron chi connectivity index (χ3n) is 4.79. The van der Waals surface area contributed by atoms with Crippen molar-refractivity contribution in [1.29, 1.82) is 0 Å². The van der Waals surface area contributed by atoms with Crippen molar-refractivity contribution in [1.82, 2.24) is 5.32 Å². The van der Waals surface area contributed by atoms with Crippen molar-refractivity contribution in [2.24, 2.45) is 0 Å². The summed E-state index contributed by atoms with van der Waals surface area (Å²) in [4.78, 5) is 11.2. The molecule has 2 aliphatic rings. The third kappa shape index (κ3) is 6.54. The smallest absolute Gasteiger partial charge is 0.408 e. The van der Waals surface area contributed by atoms with Crippen molar-refractivity contribution >= 4 is 6.09 Å². The Morgan fingerprint density at radius 1 is 1.04 bits per heavy atom. The Kier molecular flexibility index (Phi) is 8.51. The van der Waals surface area contributed by atoms with Crippen LogP contribution in [0.4, 0.5) is 4.79 Å². The first kappa shape index (κ1) is 18.3. The molecule has 4 nitrogen and oxygen atoms in total. The first-order chi connectivity index (χ1) is 11.3. The molecular formula is C19H33NO3. The molecule has 0 aromatic rings. The van der Waals surface area contributed by atoms with Gasteiger partial charge in [-0.2, -0.15) is 0 Å². The van der Waals surface area contributed by atoms with Gasteiger partial charge in [0.1, 0.15) is 6.10 Å². The zero-order chi connectivity index (χ0) is 16.3.